The van der Waals surface area contributed by atoms with Crippen LogP contribution in [0.5, 0.6) is 0 Å². The fraction of sp³-hybridized carbons (Fsp3) is 0.300. The van der Waals surface area contributed by atoms with Gasteiger partial charge in [0.25, 0.3) is 0 Å². The molecule has 0 radical (unpaired) electrons. The summed E-state index contributed by atoms with van der Waals surface area (Å²) in [5.41, 5.74) is 1.03. The molecule has 0 atom stereocenters. The van der Waals surface area contributed by atoms with Gasteiger partial charge in [-0.2, -0.15) is 10.5 Å². The molecule has 5 heteroatoms. The normalized spacial score (nSPS) is 9.07. The number of pyridine rings is 1. The van der Waals surface area contributed by atoms with Crippen LogP contribution < -0.4 is 4.90 Å². The van der Waals surface area contributed by atoms with Crippen LogP contribution in [-0.2, 0) is 0 Å². The molecule has 76 valence electrons. The van der Waals surface area contributed by atoms with Gasteiger partial charge in [0.05, 0.1) is 16.6 Å². The summed E-state index contributed by atoms with van der Waals surface area (Å²) in [6.45, 7) is 2.24. The van der Waals surface area contributed by atoms with Gasteiger partial charge in [-0.15, -0.1) is 0 Å². The summed E-state index contributed by atoms with van der Waals surface area (Å²) in [6.07, 6.45) is 1.71. The van der Waals surface area contributed by atoms with Gasteiger partial charge in [-0.25, -0.2) is 4.98 Å². The standard InChI is InChI=1S/C10H9BrN4/c1-8-6-9(11)10(14-7-8)15(4-2-12)5-3-13/h6-7H,4-5H2,1H3. The Morgan fingerprint density at radius 2 is 2.00 bits per heavy atom. The van der Waals surface area contributed by atoms with Gasteiger partial charge in [0.1, 0.15) is 18.9 Å². The second-order valence-corrected chi connectivity index (χ2v) is 3.84. The first-order chi connectivity index (χ1) is 7.19. The van der Waals surface area contributed by atoms with Crippen molar-refractivity contribution < 1.29 is 0 Å². The maximum Gasteiger partial charge on any atom is 0.144 e. The van der Waals surface area contributed by atoms with E-state index in [0.29, 0.717) is 5.82 Å². The van der Waals surface area contributed by atoms with Gasteiger partial charge in [-0.3, -0.25) is 0 Å². The number of aromatic nitrogens is 1. The van der Waals surface area contributed by atoms with Crippen molar-refractivity contribution in [2.75, 3.05) is 18.0 Å². The third-order valence-electron chi connectivity index (χ3n) is 1.78. The van der Waals surface area contributed by atoms with E-state index in [1.165, 1.54) is 0 Å². The first-order valence-electron chi connectivity index (χ1n) is 4.30. The zero-order chi connectivity index (χ0) is 11.3. The Kier molecular flexibility index (Phi) is 4.08. The van der Waals surface area contributed by atoms with Crippen molar-refractivity contribution in [3.05, 3.63) is 22.3 Å². The highest BCUT2D eigenvalue weighted by Crippen LogP contribution is 2.23. The Hall–Kier alpha value is -1.59. The lowest BCUT2D eigenvalue weighted by Gasteiger charge is -2.18. The summed E-state index contributed by atoms with van der Waals surface area (Å²) < 4.78 is 0.799. The zero-order valence-corrected chi connectivity index (χ0v) is 9.82. The third kappa shape index (κ3) is 2.93. The molecule has 1 aromatic heterocycles. The smallest absolute Gasteiger partial charge is 0.144 e. The molecule has 0 saturated heterocycles. The molecule has 1 rings (SSSR count). The molecule has 0 N–H and O–H groups in total. The number of hydrogen-bond donors (Lipinski definition) is 0. The van der Waals surface area contributed by atoms with E-state index < -0.39 is 0 Å². The van der Waals surface area contributed by atoms with Gasteiger partial charge in [-0.05, 0) is 34.5 Å². The molecule has 1 heterocycles. The lowest BCUT2D eigenvalue weighted by atomic mass is 10.3. The molecule has 0 unspecified atom stereocenters. The Morgan fingerprint density at radius 1 is 1.40 bits per heavy atom. The molecule has 0 aromatic carbocycles. The number of hydrogen-bond acceptors (Lipinski definition) is 4. The minimum atomic E-state index is 0.155. The Bertz CT molecular complexity index is 414. The summed E-state index contributed by atoms with van der Waals surface area (Å²) in [6, 6.07) is 5.92. The largest absolute Gasteiger partial charge is 0.329 e. The van der Waals surface area contributed by atoms with Crippen LogP contribution in [-0.4, -0.2) is 18.1 Å². The number of nitrogens with zero attached hydrogens (tertiary/aromatic N) is 4. The highest BCUT2D eigenvalue weighted by Gasteiger charge is 2.10. The lowest BCUT2D eigenvalue weighted by Crippen LogP contribution is -2.25. The molecule has 0 spiro atoms. The van der Waals surface area contributed by atoms with E-state index in [4.69, 9.17) is 10.5 Å². The third-order valence-corrected chi connectivity index (χ3v) is 2.36. The van der Waals surface area contributed by atoms with Crippen molar-refractivity contribution >= 4 is 21.7 Å². The van der Waals surface area contributed by atoms with Crippen LogP contribution in [0.2, 0.25) is 0 Å². The highest BCUT2D eigenvalue weighted by molar-refractivity contribution is 9.10. The summed E-state index contributed by atoms with van der Waals surface area (Å²) in [5.74, 6) is 0.628. The second-order valence-electron chi connectivity index (χ2n) is 2.99. The second kappa shape index (κ2) is 5.33. The average Bonchev–Trinajstić information content (AvgIpc) is 2.17. The van der Waals surface area contributed by atoms with Crippen molar-refractivity contribution in [1.29, 1.82) is 10.5 Å². The number of halogens is 1. The summed E-state index contributed by atoms with van der Waals surface area (Å²) >= 11 is 3.36. The Labute approximate surface area is 96.9 Å². The van der Waals surface area contributed by atoms with E-state index >= 15 is 0 Å². The topological polar surface area (TPSA) is 63.7 Å². The quantitative estimate of drug-likeness (QED) is 0.784. The van der Waals surface area contributed by atoms with Gasteiger partial charge >= 0.3 is 0 Å². The van der Waals surface area contributed by atoms with E-state index in [1.54, 1.807) is 11.1 Å². The molecule has 0 saturated carbocycles. The van der Waals surface area contributed by atoms with E-state index in [2.05, 4.69) is 20.9 Å². The van der Waals surface area contributed by atoms with Gasteiger partial charge in [0.2, 0.25) is 0 Å². The van der Waals surface area contributed by atoms with Crippen LogP contribution in [0, 0.1) is 29.6 Å². The predicted octanol–water partition coefficient (Wildman–Crippen LogP) is 2.01. The maximum atomic E-state index is 8.63. The molecule has 0 bridgehead atoms. The molecular formula is C10H9BrN4. The van der Waals surface area contributed by atoms with Gasteiger partial charge in [0.15, 0.2) is 0 Å². The molecular weight excluding hydrogens is 256 g/mol. The summed E-state index contributed by atoms with van der Waals surface area (Å²) in [4.78, 5) is 5.81. The molecule has 0 aliphatic carbocycles. The lowest BCUT2D eigenvalue weighted by molar-refractivity contribution is 0.928. The molecule has 0 amide bonds. The summed E-state index contributed by atoms with van der Waals surface area (Å²) in [5, 5.41) is 17.3. The molecule has 0 fully saturated rings. The van der Waals surface area contributed by atoms with Crippen molar-refractivity contribution in [2.24, 2.45) is 0 Å². The minimum absolute atomic E-state index is 0.155. The van der Waals surface area contributed by atoms with E-state index in [0.717, 1.165) is 10.0 Å². The van der Waals surface area contributed by atoms with Crippen LogP contribution >= 0.6 is 15.9 Å². The number of nitriles is 2. The first-order valence-corrected chi connectivity index (χ1v) is 5.09. The van der Waals surface area contributed by atoms with Crippen molar-refractivity contribution in [1.82, 2.24) is 4.98 Å². The average molecular weight is 265 g/mol. The number of rotatable bonds is 3. The molecule has 0 aliphatic heterocycles. The van der Waals surface area contributed by atoms with Crippen LogP contribution in [0.1, 0.15) is 5.56 Å². The minimum Gasteiger partial charge on any atom is -0.329 e. The highest BCUT2D eigenvalue weighted by atomic mass is 79.9. The van der Waals surface area contributed by atoms with E-state index in [9.17, 15) is 0 Å². The fourth-order valence-corrected chi connectivity index (χ4v) is 1.85. The first kappa shape index (κ1) is 11.5. The molecule has 15 heavy (non-hydrogen) atoms. The van der Waals surface area contributed by atoms with Crippen LogP contribution in [0.25, 0.3) is 0 Å². The molecule has 4 nitrogen and oxygen atoms in total. The van der Waals surface area contributed by atoms with Crippen LogP contribution in [0.4, 0.5) is 5.82 Å². The predicted molar refractivity (Wildman–Crippen MR) is 60.1 cm³/mol. The van der Waals surface area contributed by atoms with Gasteiger partial charge in [0, 0.05) is 6.20 Å². The number of anilines is 1. The van der Waals surface area contributed by atoms with Crippen molar-refractivity contribution in [2.45, 2.75) is 6.92 Å². The van der Waals surface area contributed by atoms with Crippen LogP contribution in [0.3, 0.4) is 0 Å². The van der Waals surface area contributed by atoms with Crippen LogP contribution in [0.15, 0.2) is 16.7 Å². The van der Waals surface area contributed by atoms with Crippen molar-refractivity contribution in [3.8, 4) is 12.1 Å². The SMILES string of the molecule is Cc1cnc(N(CC#N)CC#N)c(Br)c1. The fourth-order valence-electron chi connectivity index (χ4n) is 1.14. The summed E-state index contributed by atoms with van der Waals surface area (Å²) in [7, 11) is 0. The van der Waals surface area contributed by atoms with E-state index in [-0.39, 0.29) is 13.1 Å². The Morgan fingerprint density at radius 3 is 2.47 bits per heavy atom. The monoisotopic (exact) mass is 264 g/mol. The van der Waals surface area contributed by atoms with Crippen molar-refractivity contribution in [3.63, 3.8) is 0 Å². The number of aryl methyl sites for hydroxylation is 1. The van der Waals surface area contributed by atoms with Gasteiger partial charge in [-0.1, -0.05) is 0 Å². The van der Waals surface area contributed by atoms with E-state index in [1.807, 2.05) is 25.1 Å². The zero-order valence-electron chi connectivity index (χ0n) is 8.24. The Balaban J connectivity index is 3.02. The molecule has 1 aromatic rings. The maximum absolute atomic E-state index is 8.63. The van der Waals surface area contributed by atoms with Gasteiger partial charge < -0.3 is 4.90 Å². The molecule has 0 aliphatic rings.